The van der Waals surface area contributed by atoms with Gasteiger partial charge in [0.25, 0.3) is 5.91 Å². The van der Waals surface area contributed by atoms with Gasteiger partial charge >= 0.3 is 0 Å². The highest BCUT2D eigenvalue weighted by atomic mass is 79.9. The summed E-state index contributed by atoms with van der Waals surface area (Å²) in [6.45, 7) is 3.60. The molecule has 0 bridgehead atoms. The minimum absolute atomic E-state index is 0.0511. The molecule has 3 rings (SSSR count). The molecule has 24 heavy (non-hydrogen) atoms. The Kier molecular flexibility index (Phi) is 5.63. The van der Waals surface area contributed by atoms with Gasteiger partial charge in [-0.05, 0) is 40.5 Å². The molecule has 0 spiro atoms. The summed E-state index contributed by atoms with van der Waals surface area (Å²) < 4.78 is 14.6. The maximum Gasteiger partial charge on any atom is 0.255 e. The van der Waals surface area contributed by atoms with Crippen molar-refractivity contribution < 1.29 is 9.18 Å². The van der Waals surface area contributed by atoms with Crippen molar-refractivity contribution in [3.05, 3.63) is 69.9 Å². The minimum atomic E-state index is -0.164. The van der Waals surface area contributed by atoms with Crippen molar-refractivity contribution in [3.8, 4) is 0 Å². The van der Waals surface area contributed by atoms with Crippen LogP contribution in [-0.2, 0) is 6.54 Å². The molecule has 126 valence electrons. The lowest BCUT2D eigenvalue weighted by Gasteiger charge is -2.22. The van der Waals surface area contributed by atoms with E-state index in [2.05, 4.69) is 20.8 Å². The number of hydrogen-bond donors (Lipinski definition) is 0. The first kappa shape index (κ1) is 17.1. The van der Waals surface area contributed by atoms with Crippen molar-refractivity contribution in [1.82, 2.24) is 9.80 Å². The number of carbonyl (C=O) groups is 1. The Morgan fingerprint density at radius 3 is 2.54 bits per heavy atom. The minimum Gasteiger partial charge on any atom is -0.337 e. The predicted molar refractivity (Wildman–Crippen MR) is 96.3 cm³/mol. The van der Waals surface area contributed by atoms with Gasteiger partial charge in [0, 0.05) is 42.8 Å². The Labute approximate surface area is 150 Å². The molecule has 0 N–H and O–H groups in total. The van der Waals surface area contributed by atoms with Gasteiger partial charge in [-0.2, -0.15) is 0 Å². The van der Waals surface area contributed by atoms with Crippen LogP contribution in [0.5, 0.6) is 0 Å². The maximum atomic E-state index is 13.8. The summed E-state index contributed by atoms with van der Waals surface area (Å²) in [4.78, 5) is 16.8. The zero-order valence-electron chi connectivity index (χ0n) is 13.4. The van der Waals surface area contributed by atoms with Crippen molar-refractivity contribution >= 4 is 21.8 Å². The van der Waals surface area contributed by atoms with Crippen molar-refractivity contribution in [2.45, 2.75) is 13.0 Å². The van der Waals surface area contributed by atoms with Gasteiger partial charge in [0.1, 0.15) is 5.82 Å². The Bertz CT molecular complexity index is 722. The van der Waals surface area contributed by atoms with Gasteiger partial charge in [0.15, 0.2) is 0 Å². The van der Waals surface area contributed by atoms with Crippen LogP contribution in [0, 0.1) is 5.82 Å². The van der Waals surface area contributed by atoms with E-state index in [1.165, 1.54) is 6.07 Å². The molecule has 0 atom stereocenters. The van der Waals surface area contributed by atoms with Gasteiger partial charge in [-0.1, -0.05) is 30.3 Å². The third kappa shape index (κ3) is 4.02. The fourth-order valence-electron chi connectivity index (χ4n) is 3.00. The largest absolute Gasteiger partial charge is 0.337 e. The second-order valence-electron chi connectivity index (χ2n) is 5.99. The summed E-state index contributed by atoms with van der Waals surface area (Å²) in [6, 6.07) is 14.4. The van der Waals surface area contributed by atoms with Gasteiger partial charge in [0.05, 0.1) is 5.56 Å². The van der Waals surface area contributed by atoms with Crippen LogP contribution in [-0.4, -0.2) is 41.9 Å². The highest BCUT2D eigenvalue weighted by Crippen LogP contribution is 2.19. The summed E-state index contributed by atoms with van der Waals surface area (Å²) in [6.07, 6.45) is 0.893. The van der Waals surface area contributed by atoms with E-state index in [-0.39, 0.29) is 11.7 Å². The number of rotatable bonds is 3. The molecule has 1 aliphatic heterocycles. The Hall–Kier alpha value is -1.72. The molecule has 0 unspecified atom stereocenters. The third-order valence-electron chi connectivity index (χ3n) is 4.33. The standard InChI is InChI=1S/C19H20BrFN2O/c20-17-8-3-2-7-16(17)19(24)23-11-5-10-22(12-13-23)14-15-6-1-4-9-18(15)21/h1-4,6-9H,5,10-14H2. The zero-order chi connectivity index (χ0) is 16.9. The van der Waals surface area contributed by atoms with E-state index in [0.29, 0.717) is 24.2 Å². The van der Waals surface area contributed by atoms with E-state index in [0.717, 1.165) is 30.5 Å². The number of amides is 1. The molecular formula is C19H20BrFN2O. The lowest BCUT2D eigenvalue weighted by Crippen LogP contribution is -2.35. The average molecular weight is 391 g/mol. The van der Waals surface area contributed by atoms with E-state index < -0.39 is 0 Å². The molecule has 1 aliphatic rings. The molecule has 0 saturated carbocycles. The van der Waals surface area contributed by atoms with Gasteiger partial charge in [-0.3, -0.25) is 9.69 Å². The highest BCUT2D eigenvalue weighted by Gasteiger charge is 2.22. The molecule has 2 aromatic rings. The zero-order valence-corrected chi connectivity index (χ0v) is 15.0. The summed E-state index contributed by atoms with van der Waals surface area (Å²) in [5.74, 6) is -0.113. The molecular weight excluding hydrogens is 371 g/mol. The van der Waals surface area contributed by atoms with Crippen LogP contribution in [0.25, 0.3) is 0 Å². The van der Waals surface area contributed by atoms with Crippen LogP contribution < -0.4 is 0 Å². The molecule has 1 amide bonds. The van der Waals surface area contributed by atoms with Crippen LogP contribution in [0.1, 0.15) is 22.3 Å². The van der Waals surface area contributed by atoms with Crippen LogP contribution in [0.3, 0.4) is 0 Å². The van der Waals surface area contributed by atoms with Gasteiger partial charge < -0.3 is 4.90 Å². The highest BCUT2D eigenvalue weighted by molar-refractivity contribution is 9.10. The molecule has 2 aromatic carbocycles. The average Bonchev–Trinajstić information content (AvgIpc) is 2.82. The van der Waals surface area contributed by atoms with E-state index in [9.17, 15) is 9.18 Å². The second-order valence-corrected chi connectivity index (χ2v) is 6.85. The number of nitrogens with zero attached hydrogens (tertiary/aromatic N) is 2. The summed E-state index contributed by atoms with van der Waals surface area (Å²) >= 11 is 3.45. The second kappa shape index (κ2) is 7.90. The molecule has 3 nitrogen and oxygen atoms in total. The van der Waals surface area contributed by atoms with E-state index in [4.69, 9.17) is 0 Å². The SMILES string of the molecule is O=C(c1ccccc1Br)N1CCCN(Cc2ccccc2F)CC1. The number of halogens is 2. The predicted octanol–water partition coefficient (Wildman–Crippen LogP) is 3.94. The van der Waals surface area contributed by atoms with Gasteiger partial charge in [-0.15, -0.1) is 0 Å². The normalized spacial score (nSPS) is 16.0. The van der Waals surface area contributed by atoms with E-state index in [1.807, 2.05) is 41.3 Å². The topological polar surface area (TPSA) is 23.6 Å². The molecule has 5 heteroatoms. The Morgan fingerprint density at radius 1 is 1.00 bits per heavy atom. The van der Waals surface area contributed by atoms with Crippen LogP contribution in [0.2, 0.25) is 0 Å². The monoisotopic (exact) mass is 390 g/mol. The Morgan fingerprint density at radius 2 is 1.75 bits per heavy atom. The molecule has 0 radical (unpaired) electrons. The van der Waals surface area contributed by atoms with E-state index >= 15 is 0 Å². The first-order valence-corrected chi connectivity index (χ1v) is 8.94. The molecule has 1 heterocycles. The number of benzene rings is 2. The molecule has 1 fully saturated rings. The first-order chi connectivity index (χ1) is 11.6. The fourth-order valence-corrected chi connectivity index (χ4v) is 3.46. The lowest BCUT2D eigenvalue weighted by atomic mass is 10.2. The number of hydrogen-bond acceptors (Lipinski definition) is 2. The Balaban J connectivity index is 1.64. The van der Waals surface area contributed by atoms with Gasteiger partial charge in [0.2, 0.25) is 0 Å². The molecule has 1 saturated heterocycles. The van der Waals surface area contributed by atoms with Crippen molar-refractivity contribution in [2.24, 2.45) is 0 Å². The number of carbonyl (C=O) groups excluding carboxylic acids is 1. The quantitative estimate of drug-likeness (QED) is 0.792. The smallest absolute Gasteiger partial charge is 0.255 e. The van der Waals surface area contributed by atoms with Crippen LogP contribution in [0.4, 0.5) is 4.39 Å². The van der Waals surface area contributed by atoms with Crippen LogP contribution in [0.15, 0.2) is 53.0 Å². The van der Waals surface area contributed by atoms with Crippen molar-refractivity contribution in [2.75, 3.05) is 26.2 Å². The van der Waals surface area contributed by atoms with E-state index in [1.54, 1.807) is 6.07 Å². The first-order valence-electron chi connectivity index (χ1n) is 8.15. The van der Waals surface area contributed by atoms with Crippen molar-refractivity contribution in [3.63, 3.8) is 0 Å². The third-order valence-corrected chi connectivity index (χ3v) is 5.02. The van der Waals surface area contributed by atoms with Gasteiger partial charge in [-0.25, -0.2) is 4.39 Å². The molecule has 0 aromatic heterocycles. The van der Waals surface area contributed by atoms with Crippen molar-refractivity contribution in [1.29, 1.82) is 0 Å². The summed E-state index contributed by atoms with van der Waals surface area (Å²) in [7, 11) is 0. The summed E-state index contributed by atoms with van der Waals surface area (Å²) in [5.41, 5.74) is 1.41. The lowest BCUT2D eigenvalue weighted by molar-refractivity contribution is 0.0760. The molecule has 0 aliphatic carbocycles. The summed E-state index contributed by atoms with van der Waals surface area (Å²) in [5, 5.41) is 0. The maximum absolute atomic E-state index is 13.8. The van der Waals surface area contributed by atoms with Crippen LogP contribution >= 0.6 is 15.9 Å². The fraction of sp³-hybridized carbons (Fsp3) is 0.316.